The van der Waals surface area contributed by atoms with Gasteiger partial charge in [-0.1, -0.05) is 18.2 Å². The Bertz CT molecular complexity index is 1120. The molecular weight excluding hydrogens is 417 g/mol. The summed E-state index contributed by atoms with van der Waals surface area (Å²) in [4.78, 5) is 28.3. The molecule has 1 amide bonds. The molecule has 1 saturated heterocycles. The van der Waals surface area contributed by atoms with E-state index in [-0.39, 0.29) is 17.6 Å². The monoisotopic (exact) mass is 447 g/mol. The van der Waals surface area contributed by atoms with Crippen molar-refractivity contribution in [2.24, 2.45) is 0 Å². The normalized spacial score (nSPS) is 16.0. The van der Waals surface area contributed by atoms with Crippen LogP contribution in [0, 0.1) is 19.7 Å². The van der Waals surface area contributed by atoms with Crippen molar-refractivity contribution < 1.29 is 9.18 Å². The van der Waals surface area contributed by atoms with Gasteiger partial charge in [0.05, 0.1) is 11.9 Å². The fourth-order valence-corrected chi connectivity index (χ4v) is 4.29. The molecule has 172 valence electrons. The van der Waals surface area contributed by atoms with Gasteiger partial charge in [-0.25, -0.2) is 14.4 Å². The number of nitrogens with one attached hydrogen (secondary N) is 1. The number of amides is 1. The molecule has 1 N–H and O–H groups in total. The van der Waals surface area contributed by atoms with Crippen LogP contribution in [0.4, 0.5) is 16.0 Å². The highest BCUT2D eigenvalue weighted by Crippen LogP contribution is 2.27. The van der Waals surface area contributed by atoms with Crippen LogP contribution in [0.15, 0.2) is 48.9 Å². The van der Waals surface area contributed by atoms with E-state index in [2.05, 4.69) is 15.3 Å². The van der Waals surface area contributed by atoms with E-state index in [0.717, 1.165) is 54.9 Å². The maximum absolute atomic E-state index is 13.4. The van der Waals surface area contributed by atoms with Crippen LogP contribution in [-0.2, 0) is 11.2 Å². The fourth-order valence-electron chi connectivity index (χ4n) is 4.29. The highest BCUT2D eigenvalue weighted by Gasteiger charge is 2.25. The number of halogens is 1. The number of piperidine rings is 1. The van der Waals surface area contributed by atoms with Gasteiger partial charge in [0.15, 0.2) is 0 Å². The summed E-state index contributed by atoms with van der Waals surface area (Å²) >= 11 is 0. The first-order valence-corrected chi connectivity index (χ1v) is 11.5. The quantitative estimate of drug-likeness (QED) is 0.546. The van der Waals surface area contributed by atoms with Crippen molar-refractivity contribution >= 4 is 17.5 Å². The summed E-state index contributed by atoms with van der Waals surface area (Å²) < 4.78 is 13.4. The van der Waals surface area contributed by atoms with Crippen LogP contribution in [0.1, 0.15) is 54.0 Å². The standard InChI is InChI=1S/C26H30FN5O/c1-18-6-4-12-29-26(18)31-24-16-28-15-23(30-24)21-8-5-13-32(17-21)25(33)9-3-7-20-10-11-22(27)19(2)14-20/h4,6,10-12,14-16,21H,3,5,7-9,13,17H2,1-2H3,(H,29,30,31)/t21-/m0/s1. The first-order chi connectivity index (χ1) is 16.0. The molecule has 3 aromatic rings. The van der Waals surface area contributed by atoms with Gasteiger partial charge in [-0.2, -0.15) is 0 Å². The minimum atomic E-state index is -0.188. The average molecular weight is 448 g/mol. The number of aryl methyl sites for hydroxylation is 3. The van der Waals surface area contributed by atoms with Crippen LogP contribution in [0.3, 0.4) is 0 Å². The highest BCUT2D eigenvalue weighted by atomic mass is 19.1. The van der Waals surface area contributed by atoms with Crippen LogP contribution in [0.5, 0.6) is 0 Å². The first-order valence-electron chi connectivity index (χ1n) is 11.5. The SMILES string of the molecule is Cc1cc(CCCC(=O)N2CCC[C@H](c3cncc(Nc4ncccc4C)n3)C2)ccc1F. The molecule has 1 aromatic carbocycles. The molecule has 0 saturated carbocycles. The molecule has 33 heavy (non-hydrogen) atoms. The number of hydrogen-bond acceptors (Lipinski definition) is 5. The van der Waals surface area contributed by atoms with Crippen molar-refractivity contribution in [2.45, 2.75) is 51.9 Å². The Morgan fingerprint density at radius 3 is 2.91 bits per heavy atom. The number of aromatic nitrogens is 3. The van der Waals surface area contributed by atoms with Crippen molar-refractivity contribution in [2.75, 3.05) is 18.4 Å². The van der Waals surface area contributed by atoms with E-state index in [4.69, 9.17) is 4.98 Å². The Kier molecular flexibility index (Phi) is 7.27. The molecule has 3 heterocycles. The van der Waals surface area contributed by atoms with E-state index in [1.54, 1.807) is 31.6 Å². The average Bonchev–Trinajstić information content (AvgIpc) is 2.83. The highest BCUT2D eigenvalue weighted by molar-refractivity contribution is 5.76. The second kappa shape index (κ2) is 10.5. The Morgan fingerprint density at radius 1 is 1.21 bits per heavy atom. The molecule has 1 aliphatic rings. The van der Waals surface area contributed by atoms with E-state index in [0.29, 0.717) is 24.3 Å². The number of rotatable bonds is 7. The van der Waals surface area contributed by atoms with E-state index in [1.165, 1.54) is 6.07 Å². The zero-order valence-electron chi connectivity index (χ0n) is 19.2. The summed E-state index contributed by atoms with van der Waals surface area (Å²) in [5.74, 6) is 1.58. The predicted octanol–water partition coefficient (Wildman–Crippen LogP) is 5.10. The lowest BCUT2D eigenvalue weighted by molar-refractivity contribution is -0.132. The number of benzene rings is 1. The zero-order chi connectivity index (χ0) is 23.2. The minimum Gasteiger partial charge on any atom is -0.342 e. The molecular formula is C26H30FN5O. The molecule has 4 rings (SSSR count). The van der Waals surface area contributed by atoms with Crippen LogP contribution in [-0.4, -0.2) is 38.8 Å². The molecule has 0 spiro atoms. The smallest absolute Gasteiger partial charge is 0.222 e. The lowest BCUT2D eigenvalue weighted by atomic mass is 9.94. The predicted molar refractivity (Wildman–Crippen MR) is 127 cm³/mol. The lowest BCUT2D eigenvalue weighted by Crippen LogP contribution is -2.39. The number of anilines is 2. The number of hydrogen-bond donors (Lipinski definition) is 1. The van der Waals surface area contributed by atoms with Crippen molar-refractivity contribution in [1.82, 2.24) is 19.9 Å². The second-order valence-electron chi connectivity index (χ2n) is 8.74. The molecule has 0 aliphatic carbocycles. The Balaban J connectivity index is 1.33. The Labute approximate surface area is 194 Å². The summed E-state index contributed by atoms with van der Waals surface area (Å²) in [6.07, 6.45) is 9.20. The largest absolute Gasteiger partial charge is 0.342 e. The van der Waals surface area contributed by atoms with Gasteiger partial charge in [0, 0.05) is 37.8 Å². The molecule has 0 radical (unpaired) electrons. The van der Waals surface area contributed by atoms with Gasteiger partial charge >= 0.3 is 0 Å². The molecule has 0 unspecified atom stereocenters. The summed E-state index contributed by atoms with van der Waals surface area (Å²) in [5.41, 5.74) is 3.65. The topological polar surface area (TPSA) is 71.0 Å². The van der Waals surface area contributed by atoms with Gasteiger partial charge in [-0.15, -0.1) is 0 Å². The van der Waals surface area contributed by atoms with Crippen LogP contribution >= 0.6 is 0 Å². The van der Waals surface area contributed by atoms with Crippen LogP contribution in [0.2, 0.25) is 0 Å². The minimum absolute atomic E-state index is 0.168. The van der Waals surface area contributed by atoms with Crippen molar-refractivity contribution in [1.29, 1.82) is 0 Å². The van der Waals surface area contributed by atoms with Crippen molar-refractivity contribution in [3.05, 3.63) is 77.1 Å². The fraction of sp³-hybridized carbons (Fsp3) is 0.385. The number of carbonyl (C=O) groups excluding carboxylic acids is 1. The van der Waals surface area contributed by atoms with Gasteiger partial charge in [-0.05, 0) is 68.4 Å². The molecule has 1 atom stereocenters. The second-order valence-corrected chi connectivity index (χ2v) is 8.74. The maximum Gasteiger partial charge on any atom is 0.222 e. The van der Waals surface area contributed by atoms with Crippen LogP contribution < -0.4 is 5.32 Å². The summed E-state index contributed by atoms with van der Waals surface area (Å²) in [7, 11) is 0. The third kappa shape index (κ3) is 5.92. The third-order valence-corrected chi connectivity index (χ3v) is 6.18. The Morgan fingerprint density at radius 2 is 2.09 bits per heavy atom. The van der Waals surface area contributed by atoms with Gasteiger partial charge in [0.25, 0.3) is 0 Å². The maximum atomic E-state index is 13.4. The zero-order valence-corrected chi connectivity index (χ0v) is 19.2. The van der Waals surface area contributed by atoms with Gasteiger partial charge in [-0.3, -0.25) is 9.78 Å². The van der Waals surface area contributed by atoms with Crippen molar-refractivity contribution in [3.63, 3.8) is 0 Å². The molecule has 1 fully saturated rings. The number of pyridine rings is 1. The number of likely N-dealkylation sites (tertiary alicyclic amines) is 1. The summed E-state index contributed by atoms with van der Waals surface area (Å²) in [5, 5.41) is 3.25. The molecule has 6 nitrogen and oxygen atoms in total. The summed E-state index contributed by atoms with van der Waals surface area (Å²) in [6, 6.07) is 9.06. The Hall–Kier alpha value is -3.35. The van der Waals surface area contributed by atoms with Crippen LogP contribution in [0.25, 0.3) is 0 Å². The molecule has 2 aromatic heterocycles. The number of nitrogens with zero attached hydrogens (tertiary/aromatic N) is 4. The number of carbonyl (C=O) groups is 1. The van der Waals surface area contributed by atoms with E-state index < -0.39 is 0 Å². The van der Waals surface area contributed by atoms with Crippen molar-refractivity contribution in [3.8, 4) is 0 Å². The lowest BCUT2D eigenvalue weighted by Gasteiger charge is -2.32. The van der Waals surface area contributed by atoms with Gasteiger partial charge in [0.2, 0.25) is 5.91 Å². The summed E-state index contributed by atoms with van der Waals surface area (Å²) in [6.45, 7) is 5.20. The molecule has 1 aliphatic heterocycles. The first kappa shape index (κ1) is 22.8. The van der Waals surface area contributed by atoms with E-state index in [1.807, 2.05) is 30.0 Å². The van der Waals surface area contributed by atoms with E-state index >= 15 is 0 Å². The molecule has 0 bridgehead atoms. The van der Waals surface area contributed by atoms with Gasteiger partial charge in [0.1, 0.15) is 17.5 Å². The van der Waals surface area contributed by atoms with Gasteiger partial charge < -0.3 is 10.2 Å². The third-order valence-electron chi connectivity index (χ3n) is 6.18. The van der Waals surface area contributed by atoms with E-state index in [9.17, 15) is 9.18 Å². The molecule has 7 heteroatoms.